The van der Waals surface area contributed by atoms with E-state index in [0.29, 0.717) is 32.5 Å². The number of likely N-dealkylation sites (N-methyl/N-ethyl adjacent to an activating group) is 1. The highest BCUT2D eigenvalue weighted by molar-refractivity contribution is 5.83. The SMILES string of the molecule is Cc1ccc([C@H](C(=O)N2CCC(O)(Cn3ccnc3)CC2)N(C)C)cc1. The molecule has 2 heterocycles. The fourth-order valence-corrected chi connectivity index (χ4v) is 3.60. The van der Waals surface area contributed by atoms with Crippen LogP contribution in [0.1, 0.15) is 30.0 Å². The lowest BCUT2D eigenvalue weighted by Crippen LogP contribution is -2.51. The zero-order valence-corrected chi connectivity index (χ0v) is 15.8. The minimum atomic E-state index is -0.783. The van der Waals surface area contributed by atoms with Gasteiger partial charge in [-0.25, -0.2) is 4.98 Å². The molecule has 26 heavy (non-hydrogen) atoms. The number of aryl methyl sites for hydroxylation is 1. The highest BCUT2D eigenvalue weighted by atomic mass is 16.3. The van der Waals surface area contributed by atoms with Crippen molar-refractivity contribution >= 4 is 5.91 Å². The third-order valence-electron chi connectivity index (χ3n) is 5.19. The van der Waals surface area contributed by atoms with Gasteiger partial charge in [-0.2, -0.15) is 0 Å². The van der Waals surface area contributed by atoms with Gasteiger partial charge in [0.15, 0.2) is 0 Å². The molecule has 140 valence electrons. The molecule has 2 aromatic rings. The molecule has 1 aliphatic heterocycles. The Bertz CT molecular complexity index is 717. The first-order chi connectivity index (χ1) is 12.4. The normalized spacial score (nSPS) is 18.1. The van der Waals surface area contributed by atoms with Gasteiger partial charge in [0.2, 0.25) is 5.91 Å². The van der Waals surface area contributed by atoms with Crippen LogP contribution >= 0.6 is 0 Å². The molecule has 1 aromatic carbocycles. The molecule has 1 atom stereocenters. The first kappa shape index (κ1) is 18.6. The summed E-state index contributed by atoms with van der Waals surface area (Å²) in [5.41, 5.74) is 1.40. The van der Waals surface area contributed by atoms with Crippen LogP contribution in [0.25, 0.3) is 0 Å². The summed E-state index contributed by atoms with van der Waals surface area (Å²) in [7, 11) is 3.86. The second-order valence-electron chi connectivity index (χ2n) is 7.56. The van der Waals surface area contributed by atoms with Crippen LogP contribution in [0.3, 0.4) is 0 Å². The van der Waals surface area contributed by atoms with Crippen LogP contribution in [0, 0.1) is 6.92 Å². The number of hydrogen-bond acceptors (Lipinski definition) is 4. The molecule has 1 amide bonds. The molecule has 6 heteroatoms. The van der Waals surface area contributed by atoms with Gasteiger partial charge in [0.05, 0.1) is 18.5 Å². The standard InChI is InChI=1S/C20H28N4O2/c1-16-4-6-17(7-5-16)18(22(2)3)19(25)24-11-8-20(26,9-12-24)14-23-13-10-21-15-23/h4-7,10,13,15,18,26H,8-9,11-12,14H2,1-3H3/t18-/m1/s1. The van der Waals surface area contributed by atoms with E-state index in [1.807, 2.05) is 65.8 Å². The first-order valence-electron chi connectivity index (χ1n) is 9.08. The van der Waals surface area contributed by atoms with Gasteiger partial charge in [-0.3, -0.25) is 9.69 Å². The Kier molecular flexibility index (Phi) is 5.44. The average Bonchev–Trinajstić information content (AvgIpc) is 3.09. The van der Waals surface area contributed by atoms with Crippen molar-refractivity contribution in [2.75, 3.05) is 27.2 Å². The fraction of sp³-hybridized carbons (Fsp3) is 0.500. The molecule has 1 aromatic heterocycles. The zero-order valence-electron chi connectivity index (χ0n) is 15.8. The fourth-order valence-electron chi connectivity index (χ4n) is 3.60. The Labute approximate surface area is 155 Å². The lowest BCUT2D eigenvalue weighted by atomic mass is 9.90. The zero-order chi connectivity index (χ0) is 18.7. The topological polar surface area (TPSA) is 61.6 Å². The number of hydrogen-bond donors (Lipinski definition) is 1. The van der Waals surface area contributed by atoms with Crippen molar-refractivity contribution in [3.63, 3.8) is 0 Å². The van der Waals surface area contributed by atoms with E-state index in [-0.39, 0.29) is 11.9 Å². The van der Waals surface area contributed by atoms with Gasteiger partial charge >= 0.3 is 0 Å². The largest absolute Gasteiger partial charge is 0.388 e. The second-order valence-corrected chi connectivity index (χ2v) is 7.56. The minimum Gasteiger partial charge on any atom is -0.388 e. The molecule has 1 N–H and O–H groups in total. The summed E-state index contributed by atoms with van der Waals surface area (Å²) in [5.74, 6) is 0.100. The summed E-state index contributed by atoms with van der Waals surface area (Å²) in [6.45, 7) is 3.70. The maximum absolute atomic E-state index is 13.1. The van der Waals surface area contributed by atoms with E-state index in [1.54, 1.807) is 12.5 Å². The number of nitrogens with zero attached hydrogens (tertiary/aromatic N) is 4. The maximum Gasteiger partial charge on any atom is 0.244 e. The van der Waals surface area contributed by atoms with Crippen LogP contribution in [-0.2, 0) is 11.3 Å². The lowest BCUT2D eigenvalue weighted by Gasteiger charge is -2.40. The van der Waals surface area contributed by atoms with E-state index >= 15 is 0 Å². The van der Waals surface area contributed by atoms with Crippen LogP contribution in [0.2, 0.25) is 0 Å². The van der Waals surface area contributed by atoms with Gasteiger partial charge < -0.3 is 14.6 Å². The molecule has 0 bridgehead atoms. The highest BCUT2D eigenvalue weighted by Crippen LogP contribution is 2.28. The van der Waals surface area contributed by atoms with Crippen molar-refractivity contribution in [2.24, 2.45) is 0 Å². The summed E-state index contributed by atoms with van der Waals surface area (Å²) in [6, 6.07) is 7.84. The van der Waals surface area contributed by atoms with E-state index in [2.05, 4.69) is 4.98 Å². The van der Waals surface area contributed by atoms with Crippen molar-refractivity contribution < 1.29 is 9.90 Å². The van der Waals surface area contributed by atoms with E-state index in [1.165, 1.54) is 5.56 Å². The van der Waals surface area contributed by atoms with Crippen molar-refractivity contribution in [3.8, 4) is 0 Å². The summed E-state index contributed by atoms with van der Waals surface area (Å²) in [5, 5.41) is 10.8. The van der Waals surface area contributed by atoms with Gasteiger partial charge in [0, 0.05) is 25.5 Å². The molecule has 1 aliphatic rings. The number of rotatable bonds is 5. The second kappa shape index (κ2) is 7.60. The van der Waals surface area contributed by atoms with E-state index in [9.17, 15) is 9.90 Å². The molecule has 0 spiro atoms. The van der Waals surface area contributed by atoms with Crippen LogP contribution < -0.4 is 0 Å². The van der Waals surface area contributed by atoms with E-state index < -0.39 is 5.60 Å². The smallest absolute Gasteiger partial charge is 0.244 e. The van der Waals surface area contributed by atoms with E-state index in [0.717, 1.165) is 5.56 Å². The molecule has 3 rings (SSSR count). The number of aliphatic hydroxyl groups is 1. The molecule has 0 unspecified atom stereocenters. The van der Waals surface area contributed by atoms with Crippen molar-refractivity contribution in [1.82, 2.24) is 19.4 Å². The number of amides is 1. The van der Waals surface area contributed by atoms with Crippen LogP contribution in [0.5, 0.6) is 0 Å². The number of carbonyl (C=O) groups is 1. The van der Waals surface area contributed by atoms with Gasteiger partial charge in [-0.1, -0.05) is 29.8 Å². The van der Waals surface area contributed by atoms with Gasteiger partial charge in [0.25, 0.3) is 0 Å². The summed E-state index contributed by atoms with van der Waals surface area (Å²) in [4.78, 5) is 21.0. The summed E-state index contributed by atoms with van der Waals surface area (Å²) < 4.78 is 1.90. The lowest BCUT2D eigenvalue weighted by molar-refractivity contribution is -0.141. The third kappa shape index (κ3) is 4.14. The molecular weight excluding hydrogens is 328 g/mol. The van der Waals surface area contributed by atoms with Gasteiger partial charge in [-0.15, -0.1) is 0 Å². The van der Waals surface area contributed by atoms with Crippen LogP contribution in [0.15, 0.2) is 43.0 Å². The number of imidazole rings is 1. The number of carbonyl (C=O) groups excluding carboxylic acids is 1. The minimum absolute atomic E-state index is 0.100. The Morgan fingerprint density at radius 3 is 2.46 bits per heavy atom. The number of aromatic nitrogens is 2. The molecule has 1 saturated heterocycles. The molecule has 1 fully saturated rings. The molecule has 0 saturated carbocycles. The number of piperidine rings is 1. The molecule has 0 radical (unpaired) electrons. The average molecular weight is 356 g/mol. The predicted molar refractivity (Wildman–Crippen MR) is 101 cm³/mol. The molecule has 6 nitrogen and oxygen atoms in total. The predicted octanol–water partition coefficient (Wildman–Crippen LogP) is 1.85. The number of likely N-dealkylation sites (tertiary alicyclic amines) is 1. The van der Waals surface area contributed by atoms with Crippen LogP contribution in [-0.4, -0.2) is 63.2 Å². The Morgan fingerprint density at radius 2 is 1.92 bits per heavy atom. The van der Waals surface area contributed by atoms with Crippen molar-refractivity contribution in [1.29, 1.82) is 0 Å². The van der Waals surface area contributed by atoms with Crippen molar-refractivity contribution in [3.05, 3.63) is 54.1 Å². The van der Waals surface area contributed by atoms with Gasteiger partial charge in [-0.05, 0) is 39.4 Å². The quantitative estimate of drug-likeness (QED) is 0.888. The Morgan fingerprint density at radius 1 is 1.27 bits per heavy atom. The summed E-state index contributed by atoms with van der Waals surface area (Å²) in [6.07, 6.45) is 6.44. The third-order valence-corrected chi connectivity index (χ3v) is 5.19. The molecular formula is C20H28N4O2. The van der Waals surface area contributed by atoms with Gasteiger partial charge in [0.1, 0.15) is 6.04 Å². The summed E-state index contributed by atoms with van der Waals surface area (Å²) >= 11 is 0. The number of benzene rings is 1. The monoisotopic (exact) mass is 356 g/mol. The molecule has 0 aliphatic carbocycles. The van der Waals surface area contributed by atoms with Crippen LogP contribution in [0.4, 0.5) is 0 Å². The maximum atomic E-state index is 13.1. The first-order valence-corrected chi connectivity index (χ1v) is 9.08. The van der Waals surface area contributed by atoms with Crippen molar-refractivity contribution in [2.45, 2.75) is 38.0 Å². The Balaban J connectivity index is 1.67. The Hall–Kier alpha value is -2.18. The highest BCUT2D eigenvalue weighted by Gasteiger charge is 2.36. The van der Waals surface area contributed by atoms with E-state index in [4.69, 9.17) is 0 Å².